The Balaban J connectivity index is 1.80. The fourth-order valence-corrected chi connectivity index (χ4v) is 4.66. The monoisotopic (exact) mass is 424 g/mol. The van der Waals surface area contributed by atoms with Gasteiger partial charge in [-0.05, 0) is 17.7 Å². The Hall–Kier alpha value is -2.01. The van der Waals surface area contributed by atoms with E-state index in [4.69, 9.17) is 16.3 Å². The summed E-state index contributed by atoms with van der Waals surface area (Å²) in [5, 5.41) is 42.7. The molecule has 2 aliphatic rings. The molecule has 1 saturated carbocycles. The first kappa shape index (κ1) is 20.3. The van der Waals surface area contributed by atoms with E-state index >= 15 is 0 Å². The number of aliphatic hydroxyl groups excluding tert-OH is 2. The van der Waals surface area contributed by atoms with Crippen molar-refractivity contribution >= 4 is 11.6 Å². The van der Waals surface area contributed by atoms with E-state index in [1.54, 1.807) is 26.0 Å². The van der Waals surface area contributed by atoms with Crippen molar-refractivity contribution in [2.75, 3.05) is 6.61 Å². The predicted octanol–water partition coefficient (Wildman–Crippen LogP) is -0.337. The molecule has 0 unspecified atom stereocenters. The summed E-state index contributed by atoms with van der Waals surface area (Å²) in [6.07, 6.45) is -2.78. The van der Waals surface area contributed by atoms with E-state index in [0.29, 0.717) is 10.6 Å². The zero-order valence-electron chi connectivity index (χ0n) is 15.7. The molecule has 0 radical (unpaired) electrons. The first-order valence-electron chi connectivity index (χ1n) is 9.00. The fraction of sp³-hybridized carbons (Fsp3) is 0.474. The zero-order valence-corrected chi connectivity index (χ0v) is 16.4. The minimum Gasteiger partial charge on any atom is -0.394 e. The molecule has 9 nitrogen and oxygen atoms in total. The molecule has 1 aromatic carbocycles. The highest BCUT2D eigenvalue weighted by atomic mass is 35.5. The number of hydrogen-bond acceptors (Lipinski definition) is 7. The number of aliphatic hydroxyl groups is 4. The molecule has 1 aromatic heterocycles. The molecular formula is C19H21ClN2O7. The maximum Gasteiger partial charge on any atom is 0.330 e. The molecule has 2 aromatic rings. The minimum atomic E-state index is -1.88. The van der Waals surface area contributed by atoms with Gasteiger partial charge < -0.3 is 25.2 Å². The van der Waals surface area contributed by atoms with Gasteiger partial charge in [0, 0.05) is 16.6 Å². The summed E-state index contributed by atoms with van der Waals surface area (Å²) < 4.78 is 6.49. The summed E-state index contributed by atoms with van der Waals surface area (Å²) in [6.45, 7) is 2.60. The SMILES string of the molecule is CC1(C)[C@]2(O)[C@H](n3cc([C@@H](O)c4ccc(Cl)cc4)c(=O)[nH]c3=O)O[C@H](CO)[C@]12O. The van der Waals surface area contributed by atoms with Gasteiger partial charge in [0.15, 0.2) is 6.23 Å². The van der Waals surface area contributed by atoms with E-state index in [9.17, 15) is 30.0 Å². The van der Waals surface area contributed by atoms with Crippen molar-refractivity contribution in [3.8, 4) is 0 Å². The molecule has 1 aliphatic heterocycles. The van der Waals surface area contributed by atoms with Crippen molar-refractivity contribution in [2.45, 2.75) is 43.5 Å². The third kappa shape index (κ3) is 2.40. The first-order chi connectivity index (χ1) is 13.5. The van der Waals surface area contributed by atoms with Crippen LogP contribution in [0.4, 0.5) is 0 Å². The molecule has 2 heterocycles. The quantitative estimate of drug-likeness (QED) is 0.451. The molecule has 0 amide bonds. The van der Waals surface area contributed by atoms with Gasteiger partial charge in [0.05, 0.1) is 12.2 Å². The zero-order chi connectivity index (χ0) is 21.4. The average Bonchev–Trinajstić information content (AvgIpc) is 2.90. The topological polar surface area (TPSA) is 145 Å². The van der Waals surface area contributed by atoms with Crippen LogP contribution in [0.15, 0.2) is 40.1 Å². The van der Waals surface area contributed by atoms with Crippen molar-refractivity contribution in [1.29, 1.82) is 0 Å². The van der Waals surface area contributed by atoms with Crippen LogP contribution in [-0.4, -0.2) is 53.9 Å². The second-order valence-electron chi connectivity index (χ2n) is 8.02. The van der Waals surface area contributed by atoms with Crippen LogP contribution in [0.1, 0.15) is 37.3 Å². The lowest BCUT2D eigenvalue weighted by Gasteiger charge is -2.27. The van der Waals surface area contributed by atoms with E-state index in [1.807, 2.05) is 0 Å². The molecule has 5 N–H and O–H groups in total. The van der Waals surface area contributed by atoms with Gasteiger partial charge in [-0.2, -0.15) is 0 Å². The number of aromatic amines is 1. The second-order valence-corrected chi connectivity index (χ2v) is 8.46. The number of aromatic nitrogens is 2. The van der Waals surface area contributed by atoms with E-state index < -0.39 is 52.9 Å². The van der Waals surface area contributed by atoms with Gasteiger partial charge in [-0.15, -0.1) is 0 Å². The van der Waals surface area contributed by atoms with E-state index in [1.165, 1.54) is 12.1 Å². The van der Waals surface area contributed by atoms with E-state index in [2.05, 4.69) is 4.98 Å². The summed E-state index contributed by atoms with van der Waals surface area (Å²) in [5.74, 6) is 0. The van der Waals surface area contributed by atoms with Gasteiger partial charge >= 0.3 is 5.69 Å². The average molecular weight is 425 g/mol. The summed E-state index contributed by atoms with van der Waals surface area (Å²) in [7, 11) is 0. The number of rotatable bonds is 4. The lowest BCUT2D eigenvalue weighted by Crippen LogP contribution is -2.41. The molecular weight excluding hydrogens is 404 g/mol. The number of H-pyrrole nitrogens is 1. The van der Waals surface area contributed by atoms with Gasteiger partial charge in [0.25, 0.3) is 5.56 Å². The normalized spacial score (nSPS) is 33.3. The molecule has 156 valence electrons. The lowest BCUT2D eigenvalue weighted by molar-refractivity contribution is -0.126. The molecule has 29 heavy (non-hydrogen) atoms. The maximum atomic E-state index is 12.5. The van der Waals surface area contributed by atoms with Crippen LogP contribution >= 0.6 is 11.6 Å². The predicted molar refractivity (Wildman–Crippen MR) is 102 cm³/mol. The summed E-state index contributed by atoms with van der Waals surface area (Å²) >= 11 is 5.85. The number of hydrogen-bond donors (Lipinski definition) is 5. The molecule has 5 atom stereocenters. The highest BCUT2D eigenvalue weighted by molar-refractivity contribution is 6.30. The second kappa shape index (κ2) is 6.24. The highest BCUT2D eigenvalue weighted by Gasteiger charge is 2.92. The van der Waals surface area contributed by atoms with Crippen molar-refractivity contribution in [1.82, 2.24) is 9.55 Å². The van der Waals surface area contributed by atoms with E-state index in [0.717, 1.165) is 10.8 Å². The van der Waals surface area contributed by atoms with Crippen molar-refractivity contribution in [3.05, 3.63) is 67.4 Å². The van der Waals surface area contributed by atoms with Crippen LogP contribution in [0.2, 0.25) is 5.02 Å². The number of nitrogens with zero attached hydrogens (tertiary/aromatic N) is 1. The third-order valence-electron chi connectivity index (χ3n) is 6.43. The Morgan fingerprint density at radius 1 is 1.21 bits per heavy atom. The van der Waals surface area contributed by atoms with Gasteiger partial charge in [0.2, 0.25) is 0 Å². The first-order valence-corrected chi connectivity index (χ1v) is 9.38. The van der Waals surface area contributed by atoms with Gasteiger partial charge in [0.1, 0.15) is 23.4 Å². The number of fused-ring (bicyclic) bond motifs is 1. The molecule has 1 aliphatic carbocycles. The van der Waals surface area contributed by atoms with Gasteiger partial charge in [-0.25, -0.2) is 4.79 Å². The number of ether oxygens (including phenoxy) is 1. The van der Waals surface area contributed by atoms with Crippen LogP contribution in [0, 0.1) is 5.41 Å². The standard InChI is InChI=1S/C19H21ClN2O7/c1-17(2)18(27)12(8-23)29-15(19(17,18)28)22-7-11(14(25)21-16(22)26)13(24)9-3-5-10(20)6-4-9/h3-7,12-13,15,23-24,27-28H,8H2,1-2H3,(H,21,25,26)/t12-,13+,15-,18+,19-/m1/s1. The molecule has 0 bridgehead atoms. The summed E-state index contributed by atoms with van der Waals surface area (Å²) in [5.41, 5.74) is -6.21. The third-order valence-corrected chi connectivity index (χ3v) is 6.69. The molecule has 1 saturated heterocycles. The lowest BCUT2D eigenvalue weighted by atomic mass is 10.0. The Kier molecular flexibility index (Phi) is 4.36. The van der Waals surface area contributed by atoms with Crippen molar-refractivity contribution in [3.63, 3.8) is 0 Å². The number of nitrogens with one attached hydrogen (secondary N) is 1. The Labute approximate surface area is 169 Å². The van der Waals surface area contributed by atoms with Crippen molar-refractivity contribution < 1.29 is 25.2 Å². The molecule has 2 fully saturated rings. The van der Waals surface area contributed by atoms with Crippen LogP contribution in [0.25, 0.3) is 0 Å². The number of halogens is 1. The summed E-state index contributed by atoms with van der Waals surface area (Å²) in [4.78, 5) is 26.9. The minimum absolute atomic E-state index is 0.159. The van der Waals surface area contributed by atoms with Gasteiger partial charge in [-0.3, -0.25) is 14.3 Å². The Bertz CT molecular complexity index is 1080. The van der Waals surface area contributed by atoms with E-state index in [-0.39, 0.29) is 5.56 Å². The Morgan fingerprint density at radius 3 is 2.38 bits per heavy atom. The largest absolute Gasteiger partial charge is 0.394 e. The summed E-state index contributed by atoms with van der Waals surface area (Å²) in [6, 6.07) is 6.16. The maximum absolute atomic E-state index is 12.5. The van der Waals surface area contributed by atoms with Crippen LogP contribution < -0.4 is 11.2 Å². The van der Waals surface area contributed by atoms with Crippen LogP contribution in [0.3, 0.4) is 0 Å². The Morgan fingerprint density at radius 2 is 1.83 bits per heavy atom. The van der Waals surface area contributed by atoms with Crippen molar-refractivity contribution in [2.24, 2.45) is 5.41 Å². The van der Waals surface area contributed by atoms with Crippen LogP contribution in [0.5, 0.6) is 0 Å². The smallest absolute Gasteiger partial charge is 0.330 e. The number of benzene rings is 1. The van der Waals surface area contributed by atoms with Crippen LogP contribution in [-0.2, 0) is 4.74 Å². The highest BCUT2D eigenvalue weighted by Crippen LogP contribution is 2.75. The van der Waals surface area contributed by atoms with Gasteiger partial charge in [-0.1, -0.05) is 37.6 Å². The molecule has 0 spiro atoms. The molecule has 10 heteroatoms. The fourth-order valence-electron chi connectivity index (χ4n) is 4.53. The molecule has 4 rings (SSSR count).